The molecule has 106 valence electrons. The average Bonchev–Trinajstić information content (AvgIpc) is 2.48. The van der Waals surface area contributed by atoms with E-state index in [1.165, 1.54) is 0 Å². The quantitative estimate of drug-likeness (QED) is 0.845. The summed E-state index contributed by atoms with van der Waals surface area (Å²) in [5, 5.41) is 2.79. The number of nitrogens with zero attached hydrogens (tertiary/aromatic N) is 1. The molecule has 4 nitrogen and oxygen atoms in total. The molecule has 0 atom stereocenters. The van der Waals surface area contributed by atoms with E-state index in [1.54, 1.807) is 30.1 Å². The molecule has 0 unspecified atom stereocenters. The van der Waals surface area contributed by atoms with Gasteiger partial charge >= 0.3 is 6.03 Å². The Labute approximate surface area is 130 Å². The number of anilines is 1. The first kappa shape index (κ1) is 13.8. The minimum Gasteiger partial charge on any atom is -0.323 e. The number of urea groups is 1. The van der Waals surface area contributed by atoms with Crippen LogP contribution in [0.3, 0.4) is 0 Å². The number of carbonyl (C=O) groups is 2. The van der Waals surface area contributed by atoms with Gasteiger partial charge in [-0.2, -0.15) is 0 Å². The molecule has 0 bridgehead atoms. The number of hydrogen-bond acceptors (Lipinski definition) is 2. The van der Waals surface area contributed by atoms with E-state index >= 15 is 0 Å². The normalized spacial score (nSPS) is 13.6. The molecule has 2 aromatic rings. The summed E-state index contributed by atoms with van der Waals surface area (Å²) in [7, 11) is 1.72. The van der Waals surface area contributed by atoms with E-state index < -0.39 is 0 Å². The lowest BCUT2D eigenvalue weighted by Crippen LogP contribution is -2.35. The van der Waals surface area contributed by atoms with Gasteiger partial charge in [0, 0.05) is 34.9 Å². The van der Waals surface area contributed by atoms with Crippen LogP contribution >= 0.6 is 15.9 Å². The molecular formula is C16H13BrN2O2. The van der Waals surface area contributed by atoms with Gasteiger partial charge in [0.1, 0.15) is 0 Å². The summed E-state index contributed by atoms with van der Waals surface area (Å²) in [4.78, 5) is 25.7. The van der Waals surface area contributed by atoms with Gasteiger partial charge in [0.2, 0.25) is 0 Å². The van der Waals surface area contributed by atoms with E-state index in [2.05, 4.69) is 21.2 Å². The number of carbonyl (C=O) groups excluding carboxylic acids is 2. The smallest absolute Gasteiger partial charge is 0.321 e. The Morgan fingerprint density at radius 3 is 2.76 bits per heavy atom. The van der Waals surface area contributed by atoms with Crippen LogP contribution in [0.15, 0.2) is 46.9 Å². The van der Waals surface area contributed by atoms with Crippen LogP contribution in [0.5, 0.6) is 0 Å². The fourth-order valence-electron chi connectivity index (χ4n) is 2.33. The van der Waals surface area contributed by atoms with Crippen molar-refractivity contribution < 1.29 is 9.59 Å². The SMILES string of the molecule is CN1Cc2cc(C(=O)c3ccccc3Br)ccc2NC1=O. The maximum atomic E-state index is 12.6. The molecule has 0 spiro atoms. The van der Waals surface area contributed by atoms with Gasteiger partial charge in [-0.15, -0.1) is 0 Å². The first-order valence-corrected chi connectivity index (χ1v) is 7.30. The molecule has 0 aromatic heterocycles. The Hall–Kier alpha value is -2.14. The number of hydrogen-bond donors (Lipinski definition) is 1. The number of nitrogens with one attached hydrogen (secondary N) is 1. The predicted octanol–water partition coefficient (Wildman–Crippen LogP) is 3.66. The van der Waals surface area contributed by atoms with Crippen molar-refractivity contribution >= 4 is 33.4 Å². The van der Waals surface area contributed by atoms with Gasteiger partial charge in [-0.25, -0.2) is 4.79 Å². The topological polar surface area (TPSA) is 49.4 Å². The van der Waals surface area contributed by atoms with E-state index in [0.717, 1.165) is 15.7 Å². The fourth-order valence-corrected chi connectivity index (χ4v) is 2.79. The number of benzene rings is 2. The Balaban J connectivity index is 1.98. The first-order valence-electron chi connectivity index (χ1n) is 6.50. The molecule has 1 N–H and O–H groups in total. The highest BCUT2D eigenvalue weighted by Crippen LogP contribution is 2.26. The summed E-state index contributed by atoms with van der Waals surface area (Å²) in [6.07, 6.45) is 0. The zero-order valence-electron chi connectivity index (χ0n) is 11.4. The number of halogens is 1. The number of amides is 2. The molecule has 2 amide bonds. The molecule has 3 rings (SSSR count). The van der Waals surface area contributed by atoms with Crippen molar-refractivity contribution in [3.8, 4) is 0 Å². The Kier molecular flexibility index (Phi) is 3.51. The second-order valence-electron chi connectivity index (χ2n) is 4.97. The fraction of sp³-hybridized carbons (Fsp3) is 0.125. The van der Waals surface area contributed by atoms with Crippen LogP contribution in [0.1, 0.15) is 21.5 Å². The number of ketones is 1. The van der Waals surface area contributed by atoms with Crippen molar-refractivity contribution in [1.82, 2.24) is 4.90 Å². The Morgan fingerprint density at radius 2 is 2.00 bits per heavy atom. The van der Waals surface area contributed by atoms with Crippen molar-refractivity contribution in [2.45, 2.75) is 6.54 Å². The summed E-state index contributed by atoms with van der Waals surface area (Å²) in [5.41, 5.74) is 2.95. The summed E-state index contributed by atoms with van der Waals surface area (Å²) < 4.78 is 0.776. The third kappa shape index (κ3) is 2.56. The van der Waals surface area contributed by atoms with Crippen molar-refractivity contribution in [2.24, 2.45) is 0 Å². The summed E-state index contributed by atoms with van der Waals surface area (Å²) in [6.45, 7) is 0.498. The van der Waals surface area contributed by atoms with Crippen molar-refractivity contribution in [3.63, 3.8) is 0 Å². The molecular weight excluding hydrogens is 332 g/mol. The molecule has 0 saturated heterocycles. The molecule has 0 radical (unpaired) electrons. The third-order valence-corrected chi connectivity index (χ3v) is 4.17. The van der Waals surface area contributed by atoms with Crippen LogP contribution in [-0.4, -0.2) is 23.8 Å². The van der Waals surface area contributed by atoms with Crippen molar-refractivity contribution in [1.29, 1.82) is 0 Å². The molecule has 0 fully saturated rings. The van der Waals surface area contributed by atoms with Gasteiger partial charge in [-0.1, -0.05) is 28.1 Å². The minimum atomic E-state index is -0.132. The van der Waals surface area contributed by atoms with E-state index in [4.69, 9.17) is 0 Å². The van der Waals surface area contributed by atoms with E-state index in [9.17, 15) is 9.59 Å². The maximum absolute atomic E-state index is 12.6. The van der Waals surface area contributed by atoms with Crippen LogP contribution in [0.25, 0.3) is 0 Å². The van der Waals surface area contributed by atoms with E-state index in [-0.39, 0.29) is 11.8 Å². The minimum absolute atomic E-state index is 0.0372. The standard InChI is InChI=1S/C16H13BrN2O2/c1-19-9-11-8-10(6-7-14(11)18-16(19)21)15(20)12-4-2-3-5-13(12)17/h2-8H,9H2,1H3,(H,18,21). The first-order chi connectivity index (χ1) is 10.1. The zero-order chi connectivity index (χ0) is 15.0. The van der Waals surface area contributed by atoms with Gasteiger partial charge in [0.25, 0.3) is 0 Å². The number of rotatable bonds is 2. The van der Waals surface area contributed by atoms with Crippen LogP contribution in [-0.2, 0) is 6.54 Å². The molecule has 1 aliphatic rings. The monoisotopic (exact) mass is 344 g/mol. The van der Waals surface area contributed by atoms with Gasteiger partial charge in [0.15, 0.2) is 5.78 Å². The molecule has 2 aromatic carbocycles. The summed E-state index contributed by atoms with van der Waals surface area (Å²) >= 11 is 3.40. The Morgan fingerprint density at radius 1 is 1.24 bits per heavy atom. The predicted molar refractivity (Wildman–Crippen MR) is 84.5 cm³/mol. The molecule has 0 saturated carbocycles. The lowest BCUT2D eigenvalue weighted by Gasteiger charge is -2.26. The van der Waals surface area contributed by atoms with E-state index in [0.29, 0.717) is 17.7 Å². The van der Waals surface area contributed by atoms with Gasteiger partial charge in [0.05, 0.1) is 0 Å². The van der Waals surface area contributed by atoms with Crippen LogP contribution in [0, 0.1) is 0 Å². The highest BCUT2D eigenvalue weighted by molar-refractivity contribution is 9.10. The van der Waals surface area contributed by atoms with Gasteiger partial charge in [-0.05, 0) is 35.9 Å². The lowest BCUT2D eigenvalue weighted by molar-refractivity contribution is 0.103. The molecule has 1 heterocycles. The summed E-state index contributed by atoms with van der Waals surface area (Å²) in [6, 6.07) is 12.6. The van der Waals surface area contributed by atoms with Crippen LogP contribution < -0.4 is 5.32 Å². The van der Waals surface area contributed by atoms with Gasteiger partial charge in [-0.3, -0.25) is 4.79 Å². The highest BCUT2D eigenvalue weighted by Gasteiger charge is 2.21. The number of fused-ring (bicyclic) bond motifs is 1. The maximum Gasteiger partial charge on any atom is 0.321 e. The summed E-state index contributed by atoms with van der Waals surface area (Å²) in [5.74, 6) is -0.0372. The van der Waals surface area contributed by atoms with Crippen molar-refractivity contribution in [3.05, 3.63) is 63.6 Å². The van der Waals surface area contributed by atoms with Gasteiger partial charge < -0.3 is 10.2 Å². The zero-order valence-corrected chi connectivity index (χ0v) is 13.0. The second kappa shape index (κ2) is 5.33. The molecule has 21 heavy (non-hydrogen) atoms. The highest BCUT2D eigenvalue weighted by atomic mass is 79.9. The lowest BCUT2D eigenvalue weighted by atomic mass is 9.99. The average molecular weight is 345 g/mol. The third-order valence-electron chi connectivity index (χ3n) is 3.48. The second-order valence-corrected chi connectivity index (χ2v) is 5.82. The van der Waals surface area contributed by atoms with Crippen LogP contribution in [0.4, 0.5) is 10.5 Å². The molecule has 1 aliphatic heterocycles. The van der Waals surface area contributed by atoms with E-state index in [1.807, 2.05) is 24.3 Å². The largest absolute Gasteiger partial charge is 0.323 e. The molecule has 0 aliphatic carbocycles. The Bertz CT molecular complexity index is 743. The van der Waals surface area contributed by atoms with Crippen molar-refractivity contribution in [2.75, 3.05) is 12.4 Å². The molecule has 5 heteroatoms. The van der Waals surface area contributed by atoms with Crippen LogP contribution in [0.2, 0.25) is 0 Å².